The van der Waals surface area contributed by atoms with Crippen LogP contribution in [-0.4, -0.2) is 11.5 Å². The molecule has 0 amide bonds. The fraction of sp³-hybridized carbons (Fsp3) is 0.267. The molecule has 0 aliphatic heterocycles. The molecule has 0 saturated heterocycles. The highest BCUT2D eigenvalue weighted by atomic mass is 35.5. The van der Waals surface area contributed by atoms with E-state index in [1.807, 2.05) is 12.1 Å². The third-order valence-corrected chi connectivity index (χ3v) is 4.00. The van der Waals surface area contributed by atoms with Gasteiger partial charge in [0.25, 0.3) is 0 Å². The molecule has 19 heavy (non-hydrogen) atoms. The molecule has 1 N–H and O–H groups in total. The number of hydrogen-bond donors (Lipinski definition) is 1. The van der Waals surface area contributed by atoms with Gasteiger partial charge in [-0.25, -0.2) is 4.98 Å². The summed E-state index contributed by atoms with van der Waals surface area (Å²) in [6, 6.07) is 12.8. The predicted molar refractivity (Wildman–Crippen MR) is 81.9 cm³/mol. The topological polar surface area (TPSA) is 24.9 Å². The van der Waals surface area contributed by atoms with Gasteiger partial charge in [-0.1, -0.05) is 42.4 Å². The van der Waals surface area contributed by atoms with Crippen LogP contribution in [0.5, 0.6) is 0 Å². The van der Waals surface area contributed by atoms with E-state index in [0.29, 0.717) is 11.1 Å². The van der Waals surface area contributed by atoms with Crippen molar-refractivity contribution in [1.82, 2.24) is 10.3 Å². The Morgan fingerprint density at radius 3 is 2.53 bits per heavy atom. The molecule has 0 spiro atoms. The first kappa shape index (κ1) is 14.4. The van der Waals surface area contributed by atoms with Crippen molar-refractivity contribution in [3.8, 4) is 0 Å². The van der Waals surface area contributed by atoms with Crippen LogP contribution in [0.25, 0.3) is 0 Å². The maximum Gasteiger partial charge on any atom is 0.101 e. The molecule has 2 nitrogen and oxygen atoms in total. The van der Waals surface area contributed by atoms with Crippen LogP contribution in [0.15, 0.2) is 52.5 Å². The molecule has 2 rings (SSSR count). The number of hydrogen-bond acceptors (Lipinski definition) is 3. The number of benzene rings is 1. The first-order valence-corrected chi connectivity index (χ1v) is 7.51. The molecule has 0 saturated carbocycles. The van der Waals surface area contributed by atoms with Gasteiger partial charge in [0.15, 0.2) is 0 Å². The summed E-state index contributed by atoms with van der Waals surface area (Å²) >= 11 is 7.46. The second-order valence-electron chi connectivity index (χ2n) is 4.27. The van der Waals surface area contributed by atoms with Gasteiger partial charge >= 0.3 is 0 Å². The standard InChI is InChI=1S/C15H17ClN2S/c1-3-17-11(2)12-4-7-14(8-5-12)19-15-9-6-13(16)10-18-15/h4-11,17H,3H2,1-2H3. The first-order chi connectivity index (χ1) is 9.19. The molecular formula is C15H17ClN2S. The van der Waals surface area contributed by atoms with Gasteiger partial charge in [0.05, 0.1) is 5.02 Å². The van der Waals surface area contributed by atoms with E-state index in [1.165, 1.54) is 10.5 Å². The second-order valence-corrected chi connectivity index (χ2v) is 5.80. The van der Waals surface area contributed by atoms with Crippen molar-refractivity contribution in [2.75, 3.05) is 6.54 Å². The minimum Gasteiger partial charge on any atom is -0.310 e. The average Bonchev–Trinajstić information content (AvgIpc) is 2.42. The average molecular weight is 293 g/mol. The Hall–Kier alpha value is -1.03. The Balaban J connectivity index is 2.04. The van der Waals surface area contributed by atoms with Crippen molar-refractivity contribution >= 4 is 23.4 Å². The monoisotopic (exact) mass is 292 g/mol. The molecule has 1 heterocycles. The number of pyridine rings is 1. The molecule has 0 aliphatic carbocycles. The van der Waals surface area contributed by atoms with Crippen LogP contribution in [0.4, 0.5) is 0 Å². The molecule has 2 aromatic rings. The van der Waals surface area contributed by atoms with E-state index in [4.69, 9.17) is 11.6 Å². The summed E-state index contributed by atoms with van der Waals surface area (Å²) in [4.78, 5) is 5.46. The molecule has 0 radical (unpaired) electrons. The highest BCUT2D eigenvalue weighted by molar-refractivity contribution is 7.99. The zero-order chi connectivity index (χ0) is 13.7. The van der Waals surface area contributed by atoms with Gasteiger partial charge < -0.3 is 5.32 Å². The normalized spacial score (nSPS) is 12.4. The van der Waals surface area contributed by atoms with Crippen LogP contribution in [0.3, 0.4) is 0 Å². The van der Waals surface area contributed by atoms with E-state index in [-0.39, 0.29) is 0 Å². The minimum atomic E-state index is 0.387. The number of nitrogens with zero attached hydrogens (tertiary/aromatic N) is 1. The molecule has 0 aliphatic rings. The summed E-state index contributed by atoms with van der Waals surface area (Å²) in [5, 5.41) is 5.02. The Bertz CT molecular complexity index is 511. The van der Waals surface area contributed by atoms with Crippen LogP contribution in [0, 0.1) is 0 Å². The van der Waals surface area contributed by atoms with Gasteiger partial charge in [0.1, 0.15) is 5.03 Å². The van der Waals surface area contributed by atoms with E-state index in [9.17, 15) is 0 Å². The lowest BCUT2D eigenvalue weighted by atomic mass is 10.1. The molecule has 0 bridgehead atoms. The molecule has 100 valence electrons. The van der Waals surface area contributed by atoms with E-state index in [2.05, 4.69) is 48.4 Å². The molecular weight excluding hydrogens is 276 g/mol. The molecule has 0 fully saturated rings. The van der Waals surface area contributed by atoms with Gasteiger partial charge in [-0.15, -0.1) is 0 Å². The van der Waals surface area contributed by atoms with Gasteiger partial charge in [-0.05, 0) is 43.3 Å². The van der Waals surface area contributed by atoms with Crippen LogP contribution in [-0.2, 0) is 0 Å². The maximum absolute atomic E-state index is 5.82. The SMILES string of the molecule is CCNC(C)c1ccc(Sc2ccc(Cl)cn2)cc1. The zero-order valence-corrected chi connectivity index (χ0v) is 12.6. The second kappa shape index (κ2) is 6.94. The van der Waals surface area contributed by atoms with E-state index in [0.717, 1.165) is 11.6 Å². The van der Waals surface area contributed by atoms with Crippen molar-refractivity contribution in [3.05, 3.63) is 53.2 Å². The van der Waals surface area contributed by atoms with Gasteiger partial charge in [-0.2, -0.15) is 0 Å². The maximum atomic E-state index is 5.82. The third kappa shape index (κ3) is 4.23. The van der Waals surface area contributed by atoms with Crippen LogP contribution < -0.4 is 5.32 Å². The van der Waals surface area contributed by atoms with Crippen molar-refractivity contribution in [2.24, 2.45) is 0 Å². The smallest absolute Gasteiger partial charge is 0.101 e. The van der Waals surface area contributed by atoms with Crippen molar-refractivity contribution in [2.45, 2.75) is 29.8 Å². The highest BCUT2D eigenvalue weighted by Crippen LogP contribution is 2.27. The number of halogens is 1. The van der Waals surface area contributed by atoms with Crippen LogP contribution in [0.1, 0.15) is 25.5 Å². The van der Waals surface area contributed by atoms with Crippen LogP contribution in [0.2, 0.25) is 5.02 Å². The fourth-order valence-corrected chi connectivity index (χ4v) is 2.66. The van der Waals surface area contributed by atoms with Gasteiger partial charge in [-0.3, -0.25) is 0 Å². The van der Waals surface area contributed by atoms with E-state index in [1.54, 1.807) is 18.0 Å². The van der Waals surface area contributed by atoms with E-state index >= 15 is 0 Å². The summed E-state index contributed by atoms with van der Waals surface area (Å²) < 4.78 is 0. The summed E-state index contributed by atoms with van der Waals surface area (Å²) in [5.74, 6) is 0. The highest BCUT2D eigenvalue weighted by Gasteiger charge is 2.04. The summed E-state index contributed by atoms with van der Waals surface area (Å²) in [6.45, 7) is 5.27. The summed E-state index contributed by atoms with van der Waals surface area (Å²) in [6.07, 6.45) is 1.67. The number of rotatable bonds is 5. The quantitative estimate of drug-likeness (QED) is 0.874. The molecule has 1 atom stereocenters. The van der Waals surface area contributed by atoms with Crippen molar-refractivity contribution < 1.29 is 0 Å². The largest absolute Gasteiger partial charge is 0.310 e. The fourth-order valence-electron chi connectivity index (χ4n) is 1.79. The van der Waals surface area contributed by atoms with Gasteiger partial charge in [0.2, 0.25) is 0 Å². The predicted octanol–water partition coefficient (Wildman–Crippen LogP) is 4.56. The molecule has 1 aromatic carbocycles. The summed E-state index contributed by atoms with van der Waals surface area (Å²) in [5.41, 5.74) is 1.30. The Morgan fingerprint density at radius 2 is 1.95 bits per heavy atom. The van der Waals surface area contributed by atoms with Crippen molar-refractivity contribution in [3.63, 3.8) is 0 Å². The van der Waals surface area contributed by atoms with Gasteiger partial charge in [0, 0.05) is 17.1 Å². The number of nitrogens with one attached hydrogen (secondary N) is 1. The Labute approximate surface area is 123 Å². The minimum absolute atomic E-state index is 0.387. The Kier molecular flexibility index (Phi) is 5.25. The molecule has 4 heteroatoms. The molecule has 1 aromatic heterocycles. The lowest BCUT2D eigenvalue weighted by Crippen LogP contribution is -2.17. The Morgan fingerprint density at radius 1 is 1.21 bits per heavy atom. The lowest BCUT2D eigenvalue weighted by molar-refractivity contribution is 0.598. The lowest BCUT2D eigenvalue weighted by Gasteiger charge is -2.12. The van der Waals surface area contributed by atoms with E-state index < -0.39 is 0 Å². The third-order valence-electron chi connectivity index (χ3n) is 2.81. The van der Waals surface area contributed by atoms with Crippen LogP contribution >= 0.6 is 23.4 Å². The first-order valence-electron chi connectivity index (χ1n) is 6.32. The number of aromatic nitrogens is 1. The van der Waals surface area contributed by atoms with Crippen molar-refractivity contribution in [1.29, 1.82) is 0 Å². The summed E-state index contributed by atoms with van der Waals surface area (Å²) in [7, 11) is 0. The zero-order valence-electron chi connectivity index (χ0n) is 11.1. The molecule has 1 unspecified atom stereocenters.